The van der Waals surface area contributed by atoms with E-state index in [2.05, 4.69) is 30.6 Å². The van der Waals surface area contributed by atoms with E-state index < -0.39 is 22.9 Å². The van der Waals surface area contributed by atoms with Crippen molar-refractivity contribution in [3.8, 4) is 0 Å². The Morgan fingerprint density at radius 1 is 1.11 bits per heavy atom. The van der Waals surface area contributed by atoms with Gasteiger partial charge in [-0.1, -0.05) is 20.8 Å². The van der Waals surface area contributed by atoms with E-state index in [1.807, 2.05) is 0 Å². The average molecular weight is 480 g/mol. The SMILES string of the molecule is CC(=O)CCC(NC(=O)c1ccc(NCc2cnc3nc(N)[nH]c(=O)c3n2)cc1)C(=O)C(C)(C)C. The quantitative estimate of drug-likeness (QED) is 0.358. The number of H-pyrrole nitrogens is 1. The van der Waals surface area contributed by atoms with Crippen LogP contribution in [-0.2, 0) is 16.1 Å². The molecule has 3 aromatic rings. The Labute approximate surface area is 202 Å². The van der Waals surface area contributed by atoms with Gasteiger partial charge in [0.25, 0.3) is 11.5 Å². The third kappa shape index (κ3) is 6.69. The molecule has 0 saturated carbocycles. The first-order valence-corrected chi connectivity index (χ1v) is 11.1. The van der Waals surface area contributed by atoms with Crippen molar-refractivity contribution in [2.75, 3.05) is 11.1 Å². The van der Waals surface area contributed by atoms with Gasteiger partial charge in [-0.05, 0) is 37.6 Å². The number of amides is 1. The van der Waals surface area contributed by atoms with Gasteiger partial charge in [-0.15, -0.1) is 0 Å². The van der Waals surface area contributed by atoms with Crippen LogP contribution in [0.15, 0.2) is 35.3 Å². The van der Waals surface area contributed by atoms with E-state index in [0.717, 1.165) is 0 Å². The number of Topliss-reactive ketones (excluding diaryl/α,β-unsaturated/α-hetero) is 2. The smallest absolute Gasteiger partial charge is 0.280 e. The molecule has 0 aliphatic rings. The van der Waals surface area contributed by atoms with Gasteiger partial charge < -0.3 is 21.2 Å². The Balaban J connectivity index is 1.65. The van der Waals surface area contributed by atoms with Crippen LogP contribution < -0.4 is 21.9 Å². The number of aromatic amines is 1. The van der Waals surface area contributed by atoms with Gasteiger partial charge in [0, 0.05) is 23.1 Å². The van der Waals surface area contributed by atoms with Crippen LogP contribution in [0.3, 0.4) is 0 Å². The largest absolute Gasteiger partial charge is 0.379 e. The van der Waals surface area contributed by atoms with Crippen molar-refractivity contribution in [1.29, 1.82) is 0 Å². The maximum absolute atomic E-state index is 12.8. The minimum absolute atomic E-state index is 0.0280. The molecule has 0 spiro atoms. The number of nitrogens with one attached hydrogen (secondary N) is 3. The summed E-state index contributed by atoms with van der Waals surface area (Å²) < 4.78 is 0. The molecule has 2 heterocycles. The maximum Gasteiger partial charge on any atom is 0.280 e. The first-order chi connectivity index (χ1) is 16.4. The molecule has 0 aliphatic carbocycles. The van der Waals surface area contributed by atoms with E-state index in [1.165, 1.54) is 13.1 Å². The number of carbonyl (C=O) groups is 3. The zero-order chi connectivity index (χ0) is 25.8. The van der Waals surface area contributed by atoms with E-state index in [9.17, 15) is 19.2 Å². The number of hydrogen-bond donors (Lipinski definition) is 4. The van der Waals surface area contributed by atoms with Crippen molar-refractivity contribution in [3.63, 3.8) is 0 Å². The maximum atomic E-state index is 12.8. The number of fused-ring (bicyclic) bond motifs is 1. The summed E-state index contributed by atoms with van der Waals surface area (Å²) in [6.45, 7) is 7.09. The molecule has 2 aromatic heterocycles. The van der Waals surface area contributed by atoms with Gasteiger partial charge >= 0.3 is 0 Å². The molecule has 0 bridgehead atoms. The highest BCUT2D eigenvalue weighted by atomic mass is 16.2. The Morgan fingerprint density at radius 3 is 2.43 bits per heavy atom. The van der Waals surface area contributed by atoms with Crippen LogP contribution in [0.25, 0.3) is 11.2 Å². The van der Waals surface area contributed by atoms with Crippen molar-refractivity contribution in [2.45, 2.75) is 53.1 Å². The lowest BCUT2D eigenvalue weighted by molar-refractivity contribution is -0.128. The molecule has 1 aromatic carbocycles. The molecule has 11 heteroatoms. The van der Waals surface area contributed by atoms with Crippen molar-refractivity contribution < 1.29 is 14.4 Å². The van der Waals surface area contributed by atoms with Crippen LogP contribution >= 0.6 is 0 Å². The minimum Gasteiger partial charge on any atom is -0.379 e. The summed E-state index contributed by atoms with van der Waals surface area (Å²) in [5.74, 6) is -0.588. The van der Waals surface area contributed by atoms with Gasteiger partial charge in [0.1, 0.15) is 5.78 Å². The van der Waals surface area contributed by atoms with Crippen LogP contribution in [-0.4, -0.2) is 43.5 Å². The van der Waals surface area contributed by atoms with Crippen molar-refractivity contribution >= 4 is 40.3 Å². The fraction of sp³-hybridized carbons (Fsp3) is 0.375. The van der Waals surface area contributed by atoms with Crippen LogP contribution in [0.5, 0.6) is 0 Å². The summed E-state index contributed by atoms with van der Waals surface area (Å²) in [7, 11) is 0. The third-order valence-electron chi connectivity index (χ3n) is 5.25. The first-order valence-electron chi connectivity index (χ1n) is 11.1. The molecular weight excluding hydrogens is 450 g/mol. The summed E-state index contributed by atoms with van der Waals surface area (Å²) in [6.07, 6.45) is 1.97. The highest BCUT2D eigenvalue weighted by molar-refractivity contribution is 5.99. The lowest BCUT2D eigenvalue weighted by Gasteiger charge is -2.25. The summed E-state index contributed by atoms with van der Waals surface area (Å²) in [5.41, 5.74) is 6.26. The second-order valence-electron chi connectivity index (χ2n) is 9.30. The number of carbonyl (C=O) groups excluding carboxylic acids is 3. The Morgan fingerprint density at radius 2 is 1.80 bits per heavy atom. The van der Waals surface area contributed by atoms with Crippen molar-refractivity contribution in [2.24, 2.45) is 5.41 Å². The standard InChI is InChI=1S/C24H29N7O4/c1-13(32)5-10-17(19(33)24(2,3)4)29-21(34)14-6-8-15(9-7-14)26-11-16-12-27-20-18(28-16)22(35)31-23(25)30-20/h6-9,12,17,26H,5,10-11H2,1-4H3,(H,29,34)(H3,25,27,30,31,35). The zero-order valence-corrected chi connectivity index (χ0v) is 20.1. The van der Waals surface area contributed by atoms with Gasteiger partial charge in [-0.3, -0.25) is 19.4 Å². The second kappa shape index (κ2) is 10.4. The Hall–Kier alpha value is -4.15. The highest BCUT2D eigenvalue weighted by Gasteiger charge is 2.31. The molecule has 1 unspecified atom stereocenters. The molecule has 184 valence electrons. The molecule has 0 fully saturated rings. The van der Waals surface area contributed by atoms with Crippen molar-refractivity contribution in [1.82, 2.24) is 25.3 Å². The van der Waals surface area contributed by atoms with Crippen LogP contribution in [0, 0.1) is 5.41 Å². The number of anilines is 2. The van der Waals surface area contributed by atoms with E-state index in [1.54, 1.807) is 45.0 Å². The summed E-state index contributed by atoms with van der Waals surface area (Å²) in [5, 5.41) is 5.92. The Kier molecular flexibility index (Phi) is 7.58. The van der Waals surface area contributed by atoms with Gasteiger partial charge in [-0.2, -0.15) is 4.98 Å². The number of aromatic nitrogens is 4. The minimum atomic E-state index is -0.747. The molecule has 0 radical (unpaired) electrons. The lowest BCUT2D eigenvalue weighted by atomic mass is 9.84. The summed E-state index contributed by atoms with van der Waals surface area (Å²) in [4.78, 5) is 63.7. The molecule has 1 amide bonds. The number of nitrogens with zero attached hydrogens (tertiary/aromatic N) is 3. The zero-order valence-electron chi connectivity index (χ0n) is 20.1. The number of ketones is 2. The predicted octanol–water partition coefficient (Wildman–Crippen LogP) is 1.99. The van der Waals surface area contributed by atoms with Crippen LogP contribution in [0.4, 0.5) is 11.6 Å². The molecule has 0 saturated heterocycles. The number of hydrogen-bond acceptors (Lipinski definition) is 9. The average Bonchev–Trinajstić information content (AvgIpc) is 2.79. The molecule has 1 atom stereocenters. The molecule has 11 nitrogen and oxygen atoms in total. The van der Waals surface area contributed by atoms with E-state index >= 15 is 0 Å². The van der Waals surface area contributed by atoms with Gasteiger partial charge in [0.05, 0.1) is 24.5 Å². The molecular formula is C24H29N7O4. The molecule has 5 N–H and O–H groups in total. The monoisotopic (exact) mass is 479 g/mol. The Bertz CT molecular complexity index is 1310. The first kappa shape index (κ1) is 25.5. The molecule has 35 heavy (non-hydrogen) atoms. The molecule has 3 rings (SSSR count). The third-order valence-corrected chi connectivity index (χ3v) is 5.25. The predicted molar refractivity (Wildman–Crippen MR) is 132 cm³/mol. The highest BCUT2D eigenvalue weighted by Crippen LogP contribution is 2.20. The van der Waals surface area contributed by atoms with E-state index in [4.69, 9.17) is 5.73 Å². The number of nitrogen functional groups attached to an aromatic ring is 1. The fourth-order valence-electron chi connectivity index (χ4n) is 3.37. The normalized spacial score (nSPS) is 12.2. The summed E-state index contributed by atoms with van der Waals surface area (Å²) >= 11 is 0. The van der Waals surface area contributed by atoms with Crippen LogP contribution in [0.2, 0.25) is 0 Å². The van der Waals surface area contributed by atoms with Gasteiger partial charge in [0.2, 0.25) is 5.95 Å². The van der Waals surface area contributed by atoms with Gasteiger partial charge in [0.15, 0.2) is 16.9 Å². The van der Waals surface area contributed by atoms with Crippen LogP contribution in [0.1, 0.15) is 56.6 Å². The second-order valence-corrected chi connectivity index (χ2v) is 9.30. The van der Waals surface area contributed by atoms with Gasteiger partial charge in [-0.25, -0.2) is 9.97 Å². The van der Waals surface area contributed by atoms with Crippen molar-refractivity contribution in [3.05, 3.63) is 52.1 Å². The number of rotatable bonds is 9. The summed E-state index contributed by atoms with van der Waals surface area (Å²) in [6, 6.07) is 5.95. The van der Waals surface area contributed by atoms with E-state index in [-0.39, 0.29) is 48.1 Å². The number of benzene rings is 1. The van der Waals surface area contributed by atoms with E-state index in [0.29, 0.717) is 16.9 Å². The number of nitrogens with two attached hydrogens (primary N) is 1. The topological polar surface area (TPSA) is 173 Å². The molecule has 0 aliphatic heterocycles. The fourth-order valence-corrected chi connectivity index (χ4v) is 3.37. The lowest BCUT2D eigenvalue weighted by Crippen LogP contribution is -2.45.